The van der Waals surface area contributed by atoms with E-state index in [9.17, 15) is 5.26 Å². The van der Waals surface area contributed by atoms with E-state index in [2.05, 4.69) is 150 Å². The second-order valence-electron chi connectivity index (χ2n) is 14.8. The molecule has 55 heavy (non-hydrogen) atoms. The van der Waals surface area contributed by atoms with Crippen LogP contribution in [0.4, 0.5) is 11.4 Å². The number of fused-ring (bicyclic) bond motifs is 6. The first-order valence-electron chi connectivity index (χ1n) is 18.7. The van der Waals surface area contributed by atoms with Gasteiger partial charge in [-0.05, 0) is 58.1 Å². The van der Waals surface area contributed by atoms with Crippen molar-refractivity contribution in [3.63, 3.8) is 0 Å². The molecule has 1 unspecified atom stereocenters. The third-order valence-corrected chi connectivity index (χ3v) is 11.3. The number of para-hydroxylation sites is 2. The molecule has 5 nitrogen and oxygen atoms in total. The van der Waals surface area contributed by atoms with Crippen molar-refractivity contribution in [3.8, 4) is 22.9 Å². The van der Waals surface area contributed by atoms with Crippen molar-refractivity contribution in [2.75, 3.05) is 5.32 Å². The molecule has 0 saturated carbocycles. The van der Waals surface area contributed by atoms with Gasteiger partial charge in [-0.2, -0.15) is 5.26 Å². The SMILES string of the molecule is CC1(C)c2ccccc2Nc2c1ccc1c2c2ccccc2n1-c1ccc(-c2ccccc2)cc1C1=NC(c2ccccc2)=C(C#N)C(c2ccccc2)N1. The lowest BCUT2D eigenvalue weighted by molar-refractivity contribution is 0.639. The number of aliphatic imine (C=N–C) groups is 1. The number of hydrogen-bond acceptors (Lipinski definition) is 4. The quantitative estimate of drug-likeness (QED) is 0.187. The number of hydrogen-bond donors (Lipinski definition) is 2. The molecule has 0 amide bonds. The van der Waals surface area contributed by atoms with Crippen LogP contribution in [-0.2, 0) is 5.41 Å². The smallest absolute Gasteiger partial charge is 0.136 e. The van der Waals surface area contributed by atoms with Crippen LogP contribution in [0.1, 0.15) is 47.7 Å². The van der Waals surface area contributed by atoms with Crippen LogP contribution in [0.3, 0.4) is 0 Å². The van der Waals surface area contributed by atoms with Gasteiger partial charge in [-0.1, -0.05) is 153 Å². The topological polar surface area (TPSA) is 65.1 Å². The number of nitrogens with one attached hydrogen (secondary N) is 2. The number of benzene rings is 7. The van der Waals surface area contributed by atoms with Crippen molar-refractivity contribution >= 4 is 44.7 Å². The maximum absolute atomic E-state index is 10.7. The Balaban J connectivity index is 1.26. The largest absolute Gasteiger partial charge is 0.358 e. The lowest BCUT2D eigenvalue weighted by Gasteiger charge is -2.36. The Bertz CT molecular complexity index is 2890. The van der Waals surface area contributed by atoms with Gasteiger partial charge in [0.05, 0.1) is 45.8 Å². The monoisotopic (exact) mass is 707 g/mol. The molecule has 0 fully saturated rings. The predicted octanol–water partition coefficient (Wildman–Crippen LogP) is 11.9. The Morgan fingerprint density at radius 3 is 2.07 bits per heavy atom. The second-order valence-corrected chi connectivity index (χ2v) is 14.8. The van der Waals surface area contributed by atoms with E-state index < -0.39 is 6.04 Å². The fourth-order valence-corrected chi connectivity index (χ4v) is 8.64. The van der Waals surface area contributed by atoms with Crippen molar-refractivity contribution in [1.82, 2.24) is 9.88 Å². The average Bonchev–Trinajstić information content (AvgIpc) is 3.58. The summed E-state index contributed by atoms with van der Waals surface area (Å²) in [6.07, 6.45) is 0. The maximum Gasteiger partial charge on any atom is 0.136 e. The van der Waals surface area contributed by atoms with Gasteiger partial charge in [0.25, 0.3) is 0 Å². The summed E-state index contributed by atoms with van der Waals surface area (Å²) in [5.41, 5.74) is 14.1. The molecule has 0 spiro atoms. The van der Waals surface area contributed by atoms with E-state index in [1.165, 1.54) is 21.9 Å². The van der Waals surface area contributed by atoms with Crippen molar-refractivity contribution in [2.45, 2.75) is 25.3 Å². The molecule has 3 heterocycles. The standard InChI is InChI=1S/C50H37N5/c1-50(2)39-23-13-14-24-41(39)52-48-40(50)27-29-44-45(48)36-22-12-15-25-42(36)55(44)43-28-26-35(32-16-6-3-7-17-32)30-37(43)49-53-46(33-18-8-4-9-19-33)38(31-51)47(54-49)34-20-10-5-11-21-34/h3-30,46,52H,1-2H3,(H,53,54). The zero-order valence-electron chi connectivity index (χ0n) is 30.6. The summed E-state index contributed by atoms with van der Waals surface area (Å²) in [5.74, 6) is 0.705. The average molecular weight is 708 g/mol. The fourth-order valence-electron chi connectivity index (χ4n) is 8.64. The summed E-state index contributed by atoms with van der Waals surface area (Å²) < 4.78 is 2.39. The van der Waals surface area contributed by atoms with Crippen LogP contribution in [0, 0.1) is 11.3 Å². The van der Waals surface area contributed by atoms with Gasteiger partial charge in [-0.25, -0.2) is 4.99 Å². The van der Waals surface area contributed by atoms with Gasteiger partial charge in [0.2, 0.25) is 0 Å². The first-order chi connectivity index (χ1) is 27.0. The zero-order valence-corrected chi connectivity index (χ0v) is 30.6. The van der Waals surface area contributed by atoms with Crippen molar-refractivity contribution in [1.29, 1.82) is 5.26 Å². The van der Waals surface area contributed by atoms with Gasteiger partial charge in [0.1, 0.15) is 5.84 Å². The van der Waals surface area contributed by atoms with Crippen LogP contribution >= 0.6 is 0 Å². The molecule has 1 atom stereocenters. The second kappa shape index (κ2) is 12.8. The maximum atomic E-state index is 10.7. The zero-order chi connectivity index (χ0) is 37.1. The van der Waals surface area contributed by atoms with E-state index in [1.807, 2.05) is 54.6 Å². The Morgan fingerprint density at radius 1 is 0.636 bits per heavy atom. The van der Waals surface area contributed by atoms with Crippen LogP contribution < -0.4 is 10.6 Å². The number of amidine groups is 1. The van der Waals surface area contributed by atoms with E-state index in [4.69, 9.17) is 4.99 Å². The fraction of sp³-hybridized carbons (Fsp3) is 0.0800. The van der Waals surface area contributed by atoms with Gasteiger partial charge in [0, 0.05) is 33.0 Å². The molecule has 2 aliphatic rings. The van der Waals surface area contributed by atoms with Gasteiger partial charge >= 0.3 is 0 Å². The van der Waals surface area contributed by atoms with E-state index in [-0.39, 0.29) is 5.41 Å². The van der Waals surface area contributed by atoms with Gasteiger partial charge in [-0.15, -0.1) is 0 Å². The summed E-state index contributed by atoms with van der Waals surface area (Å²) >= 11 is 0. The van der Waals surface area contributed by atoms with Gasteiger partial charge in [0.15, 0.2) is 0 Å². The van der Waals surface area contributed by atoms with Gasteiger partial charge < -0.3 is 15.2 Å². The van der Waals surface area contributed by atoms with Crippen LogP contribution in [0.2, 0.25) is 0 Å². The Labute approximate surface area is 320 Å². The highest BCUT2D eigenvalue weighted by Gasteiger charge is 2.35. The summed E-state index contributed by atoms with van der Waals surface area (Å²) in [6.45, 7) is 4.64. The molecule has 10 rings (SSSR count). The Kier molecular flexibility index (Phi) is 7.53. The van der Waals surface area contributed by atoms with E-state index in [0.29, 0.717) is 17.1 Å². The first-order valence-corrected chi connectivity index (χ1v) is 18.7. The molecule has 1 aromatic heterocycles. The molecule has 5 heteroatoms. The summed E-state index contributed by atoms with van der Waals surface area (Å²) in [6, 6.07) is 61.5. The molecule has 262 valence electrons. The molecule has 0 radical (unpaired) electrons. The number of nitriles is 1. The molecular weight excluding hydrogens is 671 g/mol. The molecular formula is C50H37N5. The van der Waals surface area contributed by atoms with Crippen LogP contribution in [0.25, 0.3) is 44.3 Å². The number of anilines is 2. The minimum atomic E-state index is -0.404. The Morgan fingerprint density at radius 2 is 1.31 bits per heavy atom. The molecule has 0 aliphatic carbocycles. The van der Waals surface area contributed by atoms with Crippen molar-refractivity contribution in [3.05, 3.63) is 203 Å². The lowest BCUT2D eigenvalue weighted by atomic mass is 9.74. The molecule has 2 N–H and O–H groups in total. The van der Waals surface area contributed by atoms with E-state index >= 15 is 0 Å². The first kappa shape index (κ1) is 32.5. The van der Waals surface area contributed by atoms with E-state index in [1.54, 1.807) is 0 Å². The van der Waals surface area contributed by atoms with Crippen molar-refractivity contribution < 1.29 is 0 Å². The molecule has 0 saturated heterocycles. The minimum absolute atomic E-state index is 0.192. The summed E-state index contributed by atoms with van der Waals surface area (Å²) in [7, 11) is 0. The third-order valence-electron chi connectivity index (χ3n) is 11.3. The normalized spacial score (nSPS) is 15.7. The predicted molar refractivity (Wildman–Crippen MR) is 226 cm³/mol. The highest BCUT2D eigenvalue weighted by molar-refractivity contribution is 6.18. The van der Waals surface area contributed by atoms with Crippen LogP contribution in [-0.4, -0.2) is 10.4 Å². The van der Waals surface area contributed by atoms with Crippen LogP contribution in [0.5, 0.6) is 0 Å². The number of nitrogens with zero attached hydrogens (tertiary/aromatic N) is 3. The highest BCUT2D eigenvalue weighted by Crippen LogP contribution is 2.50. The minimum Gasteiger partial charge on any atom is -0.358 e. The Hall–Kier alpha value is -7.16. The van der Waals surface area contributed by atoms with Crippen molar-refractivity contribution in [2.24, 2.45) is 4.99 Å². The molecule has 0 bridgehead atoms. The van der Waals surface area contributed by atoms with E-state index in [0.717, 1.165) is 55.9 Å². The summed E-state index contributed by atoms with van der Waals surface area (Å²) in [5, 5.41) is 20.7. The van der Waals surface area contributed by atoms with Crippen LogP contribution in [0.15, 0.2) is 180 Å². The molecule has 8 aromatic rings. The summed E-state index contributed by atoms with van der Waals surface area (Å²) in [4.78, 5) is 5.37. The molecule has 2 aliphatic heterocycles. The highest BCUT2D eigenvalue weighted by atomic mass is 15.1. The number of aromatic nitrogens is 1. The van der Waals surface area contributed by atoms with Gasteiger partial charge in [-0.3, -0.25) is 0 Å². The lowest BCUT2D eigenvalue weighted by Crippen LogP contribution is -2.34. The third kappa shape index (κ3) is 5.18. The molecule has 7 aromatic carbocycles. The number of rotatable bonds is 5.